The Hall–Kier alpha value is -3.23. The summed E-state index contributed by atoms with van der Waals surface area (Å²) in [6.07, 6.45) is 3.27. The summed E-state index contributed by atoms with van der Waals surface area (Å²) in [5.74, 6) is -0.901. The summed E-state index contributed by atoms with van der Waals surface area (Å²) in [4.78, 5) is 62.4. The summed E-state index contributed by atoms with van der Waals surface area (Å²) in [5, 5.41) is 3.53. The summed E-state index contributed by atoms with van der Waals surface area (Å²) in [7, 11) is 0. The average Bonchev–Trinajstić information content (AvgIpc) is 3.16. The smallest absolute Gasteiger partial charge is 0.322 e. The van der Waals surface area contributed by atoms with Gasteiger partial charge in [0, 0.05) is 18.4 Å². The Labute approximate surface area is 173 Å². The highest BCUT2D eigenvalue weighted by Crippen LogP contribution is 2.35. The number of nitrogens with one attached hydrogen (secondary N) is 2. The fourth-order valence-corrected chi connectivity index (χ4v) is 4.23. The summed E-state index contributed by atoms with van der Waals surface area (Å²) in [6.45, 7) is 2.28. The molecule has 2 N–H and O–H groups in total. The molecule has 30 heavy (non-hydrogen) atoms. The molecule has 0 aromatic heterocycles. The van der Waals surface area contributed by atoms with Crippen molar-refractivity contribution >= 4 is 29.7 Å². The number of amides is 6. The van der Waals surface area contributed by atoms with E-state index in [2.05, 4.69) is 17.7 Å². The number of nitrogens with zero attached hydrogens (tertiary/aromatic N) is 2. The first-order valence-electron chi connectivity index (χ1n) is 10.2. The van der Waals surface area contributed by atoms with E-state index in [4.69, 9.17) is 0 Å². The number of urea groups is 1. The Balaban J connectivity index is 1.40. The van der Waals surface area contributed by atoms with Gasteiger partial charge in [0.05, 0.1) is 6.54 Å². The van der Waals surface area contributed by atoms with Crippen LogP contribution in [0, 0.1) is 5.92 Å². The van der Waals surface area contributed by atoms with Crippen LogP contribution >= 0.6 is 0 Å². The number of hydrogen-bond acceptors (Lipinski definition) is 5. The predicted molar refractivity (Wildman–Crippen MR) is 104 cm³/mol. The normalized spacial score (nSPS) is 26.5. The molecule has 158 valence electrons. The highest BCUT2D eigenvalue weighted by atomic mass is 16.2. The summed E-state index contributed by atoms with van der Waals surface area (Å²) < 4.78 is 0. The van der Waals surface area contributed by atoms with Gasteiger partial charge in [-0.1, -0.05) is 19.1 Å². The number of carbonyl (C=O) groups excluding carboxylic acids is 5. The standard InChI is InChI=1S/C21H24N4O5/c1-13-8-10-21(11-9-13)19(29)25(20(30)22-21)23-18(28)15-4-2-14(3-5-15)12-24-16(26)6-7-17(24)27/h2-5,13H,6-12H2,1H3,(H,22,30)(H,23,28). The highest BCUT2D eigenvalue weighted by Gasteiger charge is 2.52. The molecule has 4 rings (SSSR count). The fraction of sp³-hybridized carbons (Fsp3) is 0.476. The van der Waals surface area contributed by atoms with Crippen molar-refractivity contribution in [3.05, 3.63) is 35.4 Å². The van der Waals surface area contributed by atoms with E-state index in [9.17, 15) is 24.0 Å². The van der Waals surface area contributed by atoms with Gasteiger partial charge in [-0.2, -0.15) is 5.01 Å². The van der Waals surface area contributed by atoms with E-state index in [1.54, 1.807) is 12.1 Å². The average molecular weight is 412 g/mol. The molecule has 6 amide bonds. The first-order chi connectivity index (χ1) is 14.3. The van der Waals surface area contributed by atoms with Gasteiger partial charge < -0.3 is 5.32 Å². The number of imide groups is 2. The second kappa shape index (κ2) is 7.55. The van der Waals surface area contributed by atoms with Crippen molar-refractivity contribution in [2.24, 2.45) is 5.92 Å². The van der Waals surface area contributed by atoms with E-state index in [-0.39, 0.29) is 36.8 Å². The third kappa shape index (κ3) is 3.55. The molecule has 1 aromatic rings. The molecule has 3 aliphatic rings. The fourth-order valence-electron chi connectivity index (χ4n) is 4.23. The zero-order valence-electron chi connectivity index (χ0n) is 16.8. The largest absolute Gasteiger partial charge is 0.344 e. The second-order valence-corrected chi connectivity index (χ2v) is 8.35. The van der Waals surface area contributed by atoms with Crippen LogP contribution in [0.5, 0.6) is 0 Å². The van der Waals surface area contributed by atoms with Crippen LogP contribution in [0.3, 0.4) is 0 Å². The SMILES string of the molecule is CC1CCC2(CC1)NC(=O)N(NC(=O)c1ccc(CN3C(=O)CCC3=O)cc1)C2=O. The molecule has 3 fully saturated rings. The molecule has 0 radical (unpaired) electrons. The maximum atomic E-state index is 12.8. The predicted octanol–water partition coefficient (Wildman–Crippen LogP) is 1.48. The molecule has 9 heteroatoms. The van der Waals surface area contributed by atoms with Gasteiger partial charge in [-0.05, 0) is 49.3 Å². The van der Waals surface area contributed by atoms with Crippen LogP contribution < -0.4 is 10.7 Å². The van der Waals surface area contributed by atoms with E-state index >= 15 is 0 Å². The van der Waals surface area contributed by atoms with Crippen molar-refractivity contribution in [3.63, 3.8) is 0 Å². The Morgan fingerprint density at radius 1 is 1.07 bits per heavy atom. The Morgan fingerprint density at radius 3 is 2.27 bits per heavy atom. The molecule has 1 aromatic carbocycles. The van der Waals surface area contributed by atoms with Crippen LogP contribution in [-0.2, 0) is 20.9 Å². The molecule has 2 saturated heterocycles. The number of likely N-dealkylation sites (tertiary alicyclic amines) is 1. The van der Waals surface area contributed by atoms with Crippen LogP contribution in [-0.4, -0.2) is 45.1 Å². The van der Waals surface area contributed by atoms with Crippen LogP contribution in [0.1, 0.15) is 61.4 Å². The van der Waals surface area contributed by atoms with Crippen molar-refractivity contribution in [3.8, 4) is 0 Å². The minimum absolute atomic E-state index is 0.160. The zero-order valence-corrected chi connectivity index (χ0v) is 16.8. The number of hydrazine groups is 1. The van der Waals surface area contributed by atoms with Crippen molar-refractivity contribution in [1.29, 1.82) is 0 Å². The van der Waals surface area contributed by atoms with E-state index in [0.29, 0.717) is 24.3 Å². The Bertz CT molecular complexity index is 902. The van der Waals surface area contributed by atoms with Crippen LogP contribution in [0.25, 0.3) is 0 Å². The Morgan fingerprint density at radius 2 is 1.67 bits per heavy atom. The third-order valence-electron chi connectivity index (χ3n) is 6.21. The van der Waals surface area contributed by atoms with E-state index in [1.807, 2.05) is 0 Å². The van der Waals surface area contributed by atoms with Crippen LogP contribution in [0.4, 0.5) is 4.79 Å². The molecule has 2 aliphatic heterocycles. The minimum Gasteiger partial charge on any atom is -0.322 e. The number of rotatable bonds is 4. The maximum absolute atomic E-state index is 12.8. The monoisotopic (exact) mass is 412 g/mol. The van der Waals surface area contributed by atoms with Gasteiger partial charge in [0.2, 0.25) is 11.8 Å². The van der Waals surface area contributed by atoms with Crippen molar-refractivity contribution in [1.82, 2.24) is 20.7 Å². The summed E-state index contributed by atoms with van der Waals surface area (Å²) in [5.41, 5.74) is 2.45. The van der Waals surface area contributed by atoms with Gasteiger partial charge in [-0.3, -0.25) is 29.5 Å². The van der Waals surface area contributed by atoms with E-state index in [1.165, 1.54) is 17.0 Å². The molecule has 1 spiro atoms. The maximum Gasteiger partial charge on any atom is 0.344 e. The van der Waals surface area contributed by atoms with Crippen molar-refractivity contribution in [2.45, 2.75) is 57.5 Å². The van der Waals surface area contributed by atoms with Crippen molar-refractivity contribution in [2.75, 3.05) is 0 Å². The van der Waals surface area contributed by atoms with Crippen LogP contribution in [0.15, 0.2) is 24.3 Å². The number of benzene rings is 1. The zero-order chi connectivity index (χ0) is 21.5. The van der Waals surface area contributed by atoms with Crippen LogP contribution in [0.2, 0.25) is 0 Å². The molecular formula is C21H24N4O5. The molecule has 2 heterocycles. The number of carbonyl (C=O) groups is 5. The van der Waals surface area contributed by atoms with Gasteiger partial charge in [0.25, 0.3) is 11.8 Å². The lowest BCUT2D eigenvalue weighted by atomic mass is 9.77. The third-order valence-corrected chi connectivity index (χ3v) is 6.21. The lowest BCUT2D eigenvalue weighted by Crippen LogP contribution is -2.51. The topological polar surface area (TPSA) is 116 Å². The molecular weight excluding hydrogens is 388 g/mol. The van der Waals surface area contributed by atoms with Gasteiger partial charge in [-0.25, -0.2) is 4.79 Å². The van der Waals surface area contributed by atoms with Gasteiger partial charge in [-0.15, -0.1) is 0 Å². The molecule has 0 unspecified atom stereocenters. The van der Waals surface area contributed by atoms with Gasteiger partial charge in [0.15, 0.2) is 0 Å². The van der Waals surface area contributed by atoms with Crippen molar-refractivity contribution < 1.29 is 24.0 Å². The summed E-state index contributed by atoms with van der Waals surface area (Å²) in [6, 6.07) is 5.73. The molecule has 9 nitrogen and oxygen atoms in total. The quantitative estimate of drug-likeness (QED) is 0.574. The van der Waals surface area contributed by atoms with E-state index < -0.39 is 23.4 Å². The molecule has 1 aliphatic carbocycles. The minimum atomic E-state index is -0.921. The lowest BCUT2D eigenvalue weighted by Gasteiger charge is -2.33. The molecule has 1 saturated carbocycles. The molecule has 0 bridgehead atoms. The first-order valence-corrected chi connectivity index (χ1v) is 10.2. The summed E-state index contributed by atoms with van der Waals surface area (Å²) >= 11 is 0. The first kappa shape index (κ1) is 20.1. The lowest BCUT2D eigenvalue weighted by molar-refractivity contribution is -0.139. The van der Waals surface area contributed by atoms with E-state index in [0.717, 1.165) is 17.9 Å². The van der Waals surface area contributed by atoms with Gasteiger partial charge in [0.1, 0.15) is 5.54 Å². The molecule has 0 atom stereocenters. The van der Waals surface area contributed by atoms with Gasteiger partial charge >= 0.3 is 6.03 Å². The Kier molecular flexibility index (Phi) is 5.05. The highest BCUT2D eigenvalue weighted by molar-refractivity contribution is 6.09. The second-order valence-electron chi connectivity index (χ2n) is 8.35. The number of hydrogen-bond donors (Lipinski definition) is 2.